The van der Waals surface area contributed by atoms with E-state index in [2.05, 4.69) is 10.5 Å². The van der Waals surface area contributed by atoms with E-state index in [1.807, 2.05) is 0 Å². The van der Waals surface area contributed by atoms with Gasteiger partial charge in [0.05, 0.1) is 6.21 Å². The first-order valence-corrected chi connectivity index (χ1v) is 2.12. The van der Waals surface area contributed by atoms with Crippen LogP contribution in [0.4, 0.5) is 13.2 Å². The Labute approximate surface area is 49.1 Å². The highest BCUT2D eigenvalue weighted by Crippen LogP contribution is 2.24. The van der Waals surface area contributed by atoms with Gasteiger partial charge < -0.3 is 0 Å². The van der Waals surface area contributed by atoms with Gasteiger partial charge in [0.2, 0.25) is 0 Å². The smallest absolute Gasteiger partial charge is 0.164 e. The summed E-state index contributed by atoms with van der Waals surface area (Å²) < 4.78 is 34.6. The largest absolute Gasteiger partial charge is 0.435 e. The van der Waals surface area contributed by atoms with Gasteiger partial charge >= 0.3 is 6.18 Å². The molecule has 0 aromatic rings. The first-order valence-electron chi connectivity index (χ1n) is 2.12. The summed E-state index contributed by atoms with van der Waals surface area (Å²) in [5, 5.41) is 3.02. The molecule has 0 amide bonds. The summed E-state index contributed by atoms with van der Waals surface area (Å²) in [7, 11) is 0. The van der Waals surface area contributed by atoms with E-state index < -0.39 is 11.9 Å². The van der Waals surface area contributed by atoms with Crippen molar-refractivity contribution < 1.29 is 13.2 Å². The van der Waals surface area contributed by atoms with E-state index >= 15 is 0 Å². The number of hydrogen-bond acceptors (Lipinski definition) is 1. The van der Waals surface area contributed by atoms with Crippen LogP contribution >= 0.6 is 0 Å². The van der Waals surface area contributed by atoms with Gasteiger partial charge in [0.15, 0.2) is 5.70 Å². The maximum Gasteiger partial charge on any atom is 0.435 e. The molecule has 1 heterocycles. The van der Waals surface area contributed by atoms with Gasteiger partial charge in [-0.3, -0.25) is 0 Å². The van der Waals surface area contributed by atoms with E-state index in [1.165, 1.54) is 0 Å². The molecular weight excluding hydrogens is 133 g/mol. The van der Waals surface area contributed by atoms with Crippen LogP contribution in [0.1, 0.15) is 0 Å². The lowest BCUT2D eigenvalue weighted by Crippen LogP contribution is -2.15. The third kappa shape index (κ3) is 1.22. The van der Waals surface area contributed by atoms with Crippen LogP contribution in [0.15, 0.2) is 16.9 Å². The van der Waals surface area contributed by atoms with Gasteiger partial charge in [-0.25, -0.2) is 0 Å². The molecule has 1 aliphatic heterocycles. The highest BCUT2D eigenvalue weighted by atomic mass is 19.4. The van der Waals surface area contributed by atoms with E-state index in [1.54, 1.807) is 0 Å². The van der Waals surface area contributed by atoms with Crippen LogP contribution in [0.5, 0.6) is 0 Å². The summed E-state index contributed by atoms with van der Waals surface area (Å²) in [6, 6.07) is 0. The molecule has 0 spiro atoms. The predicted molar refractivity (Wildman–Crippen MR) is 24.8 cm³/mol. The lowest BCUT2D eigenvalue weighted by atomic mass is 10.4. The molecule has 9 heavy (non-hydrogen) atoms. The first-order chi connectivity index (χ1) is 4.11. The fourth-order valence-corrected chi connectivity index (χ4v) is 0.384. The van der Waals surface area contributed by atoms with Crippen LogP contribution in [0.3, 0.4) is 0 Å². The summed E-state index contributed by atoms with van der Waals surface area (Å²) >= 11 is 0. The number of hydrogen-bond donors (Lipinski definition) is 0. The van der Waals surface area contributed by atoms with E-state index in [4.69, 9.17) is 0 Å². The standard InChI is InChI=1S/C4H2F3N2/c5-4(6,7)3-1-2-8-9-3/h1-2H. The average molecular weight is 135 g/mol. The second kappa shape index (κ2) is 1.75. The Kier molecular flexibility index (Phi) is 1.19. The SMILES string of the molecule is FC(F)(F)C1=CC=N[N]1. The molecule has 0 aromatic carbocycles. The van der Waals surface area contributed by atoms with Crippen molar-refractivity contribution in [3.05, 3.63) is 11.8 Å². The van der Waals surface area contributed by atoms with Crippen molar-refractivity contribution in [3.63, 3.8) is 0 Å². The molecule has 0 aromatic heterocycles. The molecular formula is C4H2F3N2. The summed E-state index contributed by atoms with van der Waals surface area (Å²) in [6.07, 6.45) is -2.53. The van der Waals surface area contributed by atoms with Crippen LogP contribution in [0.2, 0.25) is 0 Å². The Morgan fingerprint density at radius 1 is 1.33 bits per heavy atom. The molecule has 0 unspecified atom stereocenters. The Balaban J connectivity index is 2.66. The minimum Gasteiger partial charge on any atom is -0.164 e. The summed E-state index contributed by atoms with van der Waals surface area (Å²) in [5.74, 6) is 0. The molecule has 0 bridgehead atoms. The van der Waals surface area contributed by atoms with Gasteiger partial charge in [0.1, 0.15) is 0 Å². The maximum atomic E-state index is 11.5. The maximum absolute atomic E-state index is 11.5. The molecule has 0 aliphatic carbocycles. The van der Waals surface area contributed by atoms with E-state index in [9.17, 15) is 13.2 Å². The van der Waals surface area contributed by atoms with Crippen molar-refractivity contribution in [2.24, 2.45) is 5.10 Å². The van der Waals surface area contributed by atoms with E-state index in [0.29, 0.717) is 0 Å². The minimum atomic E-state index is -4.35. The zero-order chi connectivity index (χ0) is 6.91. The lowest BCUT2D eigenvalue weighted by molar-refractivity contribution is -0.0964. The Morgan fingerprint density at radius 3 is 2.22 bits per heavy atom. The van der Waals surface area contributed by atoms with Crippen molar-refractivity contribution in [2.75, 3.05) is 0 Å². The lowest BCUT2D eigenvalue weighted by Gasteiger charge is -2.02. The predicted octanol–water partition coefficient (Wildman–Crippen LogP) is 1.04. The quantitative estimate of drug-likeness (QED) is 0.474. The molecule has 0 atom stereocenters. The third-order valence-corrected chi connectivity index (χ3v) is 0.755. The zero-order valence-electron chi connectivity index (χ0n) is 4.18. The summed E-state index contributed by atoms with van der Waals surface area (Å²) in [5.41, 5.74) is 1.87. The fraction of sp³-hybridized carbons (Fsp3) is 0.250. The van der Waals surface area contributed by atoms with Crippen LogP contribution in [0, 0.1) is 0 Å². The van der Waals surface area contributed by atoms with Crippen LogP contribution in [-0.2, 0) is 0 Å². The first kappa shape index (κ1) is 6.12. The molecule has 0 saturated carbocycles. The van der Waals surface area contributed by atoms with Gasteiger partial charge in [-0.2, -0.15) is 18.3 Å². The summed E-state index contributed by atoms with van der Waals surface area (Å²) in [6.45, 7) is 0. The van der Waals surface area contributed by atoms with Gasteiger partial charge in [0, 0.05) is 0 Å². The van der Waals surface area contributed by atoms with Crippen LogP contribution in [-0.4, -0.2) is 12.4 Å². The molecule has 49 valence electrons. The molecule has 0 fully saturated rings. The van der Waals surface area contributed by atoms with Crippen molar-refractivity contribution in [3.8, 4) is 0 Å². The van der Waals surface area contributed by atoms with Gasteiger partial charge in [-0.1, -0.05) is 0 Å². The second-order valence-electron chi connectivity index (χ2n) is 1.41. The van der Waals surface area contributed by atoms with Crippen molar-refractivity contribution in [2.45, 2.75) is 6.18 Å². The Hall–Kier alpha value is -1.00. The second-order valence-corrected chi connectivity index (χ2v) is 1.41. The van der Waals surface area contributed by atoms with Gasteiger partial charge in [-0.15, -0.1) is 5.43 Å². The normalized spacial score (nSPS) is 17.4. The Bertz CT molecular complexity index is 167. The monoisotopic (exact) mass is 135 g/mol. The average Bonchev–Trinajstić information content (AvgIpc) is 2.08. The molecule has 0 saturated heterocycles. The highest BCUT2D eigenvalue weighted by molar-refractivity contribution is 5.74. The highest BCUT2D eigenvalue weighted by Gasteiger charge is 2.36. The molecule has 1 rings (SSSR count). The number of rotatable bonds is 0. The number of alkyl halides is 3. The molecule has 0 N–H and O–H groups in total. The molecule has 1 aliphatic rings. The van der Waals surface area contributed by atoms with Crippen molar-refractivity contribution in [1.29, 1.82) is 0 Å². The van der Waals surface area contributed by atoms with Crippen molar-refractivity contribution in [1.82, 2.24) is 5.43 Å². The van der Waals surface area contributed by atoms with Gasteiger partial charge in [-0.05, 0) is 6.08 Å². The Morgan fingerprint density at radius 2 is 2.00 bits per heavy atom. The molecule has 5 heteroatoms. The zero-order valence-corrected chi connectivity index (χ0v) is 4.18. The van der Waals surface area contributed by atoms with Gasteiger partial charge in [0.25, 0.3) is 0 Å². The number of halogens is 3. The topological polar surface area (TPSA) is 26.5 Å². The minimum absolute atomic E-state index is 0.819. The van der Waals surface area contributed by atoms with Crippen LogP contribution < -0.4 is 5.43 Å². The van der Waals surface area contributed by atoms with Crippen LogP contribution in [0.25, 0.3) is 0 Å². The summed E-state index contributed by atoms with van der Waals surface area (Å²) in [4.78, 5) is 0. The number of nitrogens with zero attached hydrogens (tertiary/aromatic N) is 2. The fourth-order valence-electron chi connectivity index (χ4n) is 0.384. The third-order valence-electron chi connectivity index (χ3n) is 0.755. The van der Waals surface area contributed by atoms with E-state index in [-0.39, 0.29) is 0 Å². The van der Waals surface area contributed by atoms with Crippen molar-refractivity contribution >= 4 is 6.21 Å². The molecule has 2 nitrogen and oxygen atoms in total. The molecule has 1 radical (unpaired) electrons. The number of allylic oxidation sites excluding steroid dienone is 2. The van der Waals surface area contributed by atoms with E-state index in [0.717, 1.165) is 12.3 Å².